The van der Waals surface area contributed by atoms with Crippen LogP contribution in [0.4, 0.5) is 5.69 Å². The topological polar surface area (TPSA) is 75.6 Å². The molecule has 0 aromatic heterocycles. The highest BCUT2D eigenvalue weighted by Crippen LogP contribution is 2.62. The summed E-state index contributed by atoms with van der Waals surface area (Å²) >= 11 is 3.36. The van der Waals surface area contributed by atoms with E-state index in [9.17, 15) is 14.7 Å². The first kappa shape index (κ1) is 18.0. The second kappa shape index (κ2) is 6.34. The Morgan fingerprint density at radius 2 is 1.96 bits per heavy atom. The molecule has 5 atom stereocenters. The lowest BCUT2D eigenvalue weighted by atomic mass is 9.48. The van der Waals surface area contributed by atoms with Crippen LogP contribution in [0.25, 0.3) is 0 Å². The molecule has 2 N–H and O–H groups in total. The third-order valence-corrected chi connectivity index (χ3v) is 6.70. The number of rotatable bonds is 4. The van der Waals surface area contributed by atoms with Gasteiger partial charge in [0, 0.05) is 10.2 Å². The molecule has 26 heavy (non-hydrogen) atoms. The lowest BCUT2D eigenvalue weighted by Crippen LogP contribution is -2.59. The molecule has 6 heteroatoms. The number of ether oxygens (including phenoxy) is 1. The largest absolute Gasteiger partial charge is 0.452 e. The van der Waals surface area contributed by atoms with Gasteiger partial charge in [-0.1, -0.05) is 22.0 Å². The summed E-state index contributed by atoms with van der Waals surface area (Å²) < 4.78 is 6.43. The normalized spacial score (nSPS) is 35.8. The third kappa shape index (κ3) is 3.29. The minimum absolute atomic E-state index is 0.318. The molecule has 5 nitrogen and oxygen atoms in total. The van der Waals surface area contributed by atoms with Gasteiger partial charge in [0.05, 0.1) is 11.0 Å². The van der Waals surface area contributed by atoms with E-state index in [0.717, 1.165) is 36.6 Å². The first-order valence-electron chi connectivity index (χ1n) is 9.27. The van der Waals surface area contributed by atoms with E-state index in [2.05, 4.69) is 21.2 Å². The van der Waals surface area contributed by atoms with Crippen molar-refractivity contribution in [1.29, 1.82) is 0 Å². The fraction of sp³-hybridized carbons (Fsp3) is 0.600. The smallest absolute Gasteiger partial charge is 0.312 e. The number of amides is 1. The monoisotopic (exact) mass is 421 g/mol. The Kier molecular flexibility index (Phi) is 4.39. The Morgan fingerprint density at radius 1 is 1.27 bits per heavy atom. The Bertz CT molecular complexity index is 735. The van der Waals surface area contributed by atoms with Crippen LogP contribution in [0.5, 0.6) is 0 Å². The van der Waals surface area contributed by atoms with Crippen LogP contribution in [0.15, 0.2) is 28.7 Å². The van der Waals surface area contributed by atoms with Gasteiger partial charge in [-0.3, -0.25) is 9.59 Å². The zero-order valence-electron chi connectivity index (χ0n) is 14.8. The Morgan fingerprint density at radius 3 is 2.58 bits per heavy atom. The SMILES string of the molecule is C[C@@H](OC(=O)C12C[C@@H]3C[C@@H](CC(O)(C3)C1)C2)C(=O)Nc1cccc(Br)c1. The number of aliphatic hydroxyl groups is 1. The van der Waals surface area contributed by atoms with E-state index in [1.165, 1.54) is 0 Å². The molecule has 0 saturated heterocycles. The summed E-state index contributed by atoms with van der Waals surface area (Å²) in [6.45, 7) is 1.60. The lowest BCUT2D eigenvalue weighted by molar-refractivity contribution is -0.199. The van der Waals surface area contributed by atoms with Crippen molar-refractivity contribution in [2.75, 3.05) is 5.32 Å². The average molecular weight is 422 g/mol. The second-order valence-electron chi connectivity index (χ2n) is 8.51. The van der Waals surface area contributed by atoms with Crippen LogP contribution in [0, 0.1) is 17.3 Å². The molecule has 5 rings (SSSR count). The molecule has 4 bridgehead atoms. The molecule has 1 amide bonds. The Hall–Kier alpha value is -1.40. The first-order valence-corrected chi connectivity index (χ1v) is 10.1. The predicted molar refractivity (Wildman–Crippen MR) is 100 cm³/mol. The average Bonchev–Trinajstić information content (AvgIpc) is 2.52. The standard InChI is InChI=1S/C20H24BrNO4/c1-12(17(23)22-16-4-2-3-15(21)6-16)26-18(24)19-7-13-5-14(8-19)10-20(25,9-13)11-19/h2-4,6,12-14,25H,5,7-11H2,1H3,(H,22,23)/t12-,13-,14+,19?,20?/m1/s1. The molecule has 4 aliphatic carbocycles. The van der Waals surface area contributed by atoms with Gasteiger partial charge >= 0.3 is 5.97 Å². The molecule has 0 spiro atoms. The van der Waals surface area contributed by atoms with E-state index < -0.39 is 17.1 Å². The minimum Gasteiger partial charge on any atom is -0.452 e. The van der Waals surface area contributed by atoms with Gasteiger partial charge in [0.25, 0.3) is 5.91 Å². The number of hydrogen-bond acceptors (Lipinski definition) is 4. The van der Waals surface area contributed by atoms with Crippen molar-refractivity contribution in [3.05, 3.63) is 28.7 Å². The van der Waals surface area contributed by atoms with Crippen LogP contribution < -0.4 is 5.32 Å². The van der Waals surface area contributed by atoms with Gasteiger partial charge in [-0.2, -0.15) is 0 Å². The van der Waals surface area contributed by atoms with E-state index >= 15 is 0 Å². The fourth-order valence-electron chi connectivity index (χ4n) is 5.60. The quantitative estimate of drug-likeness (QED) is 0.727. The zero-order chi connectivity index (χ0) is 18.5. The van der Waals surface area contributed by atoms with Crippen LogP contribution >= 0.6 is 15.9 Å². The zero-order valence-corrected chi connectivity index (χ0v) is 16.4. The molecule has 0 heterocycles. The van der Waals surface area contributed by atoms with Crippen molar-refractivity contribution < 1.29 is 19.4 Å². The van der Waals surface area contributed by atoms with Crippen LogP contribution in [0.2, 0.25) is 0 Å². The third-order valence-electron chi connectivity index (χ3n) is 6.21. The number of carbonyl (C=O) groups excluding carboxylic acids is 2. The highest BCUT2D eigenvalue weighted by Gasteiger charge is 2.61. The molecule has 1 aromatic carbocycles. The summed E-state index contributed by atoms with van der Waals surface area (Å²) in [5, 5.41) is 13.6. The maximum absolute atomic E-state index is 12.9. The van der Waals surface area contributed by atoms with Gasteiger partial charge in [-0.25, -0.2) is 0 Å². The maximum Gasteiger partial charge on any atom is 0.312 e. The number of carbonyl (C=O) groups is 2. The van der Waals surface area contributed by atoms with Crippen LogP contribution in [0.3, 0.4) is 0 Å². The summed E-state index contributed by atoms with van der Waals surface area (Å²) in [7, 11) is 0. The van der Waals surface area contributed by atoms with Crippen molar-refractivity contribution in [3.8, 4) is 0 Å². The van der Waals surface area contributed by atoms with E-state index in [4.69, 9.17) is 4.74 Å². The van der Waals surface area contributed by atoms with Crippen molar-refractivity contribution in [2.45, 2.75) is 57.2 Å². The molecule has 4 aliphatic rings. The van der Waals surface area contributed by atoms with Crippen LogP contribution in [-0.2, 0) is 14.3 Å². The number of halogens is 1. The molecule has 4 saturated carbocycles. The lowest BCUT2D eigenvalue weighted by Gasteiger charge is -2.58. The van der Waals surface area contributed by atoms with E-state index in [0.29, 0.717) is 23.9 Å². The summed E-state index contributed by atoms with van der Waals surface area (Å²) in [4.78, 5) is 25.3. The van der Waals surface area contributed by atoms with Crippen LogP contribution in [-0.4, -0.2) is 28.7 Å². The van der Waals surface area contributed by atoms with Gasteiger partial charge in [0.2, 0.25) is 0 Å². The van der Waals surface area contributed by atoms with Gasteiger partial charge in [0.15, 0.2) is 6.10 Å². The van der Waals surface area contributed by atoms with Gasteiger partial charge in [0.1, 0.15) is 0 Å². The maximum atomic E-state index is 12.9. The van der Waals surface area contributed by atoms with E-state index in [1.54, 1.807) is 19.1 Å². The van der Waals surface area contributed by atoms with Gasteiger partial charge < -0.3 is 15.2 Å². The molecule has 2 unspecified atom stereocenters. The van der Waals surface area contributed by atoms with Crippen molar-refractivity contribution in [3.63, 3.8) is 0 Å². The number of nitrogens with one attached hydrogen (secondary N) is 1. The minimum atomic E-state index is -0.871. The summed E-state index contributed by atoms with van der Waals surface area (Å²) in [5.74, 6) is 0.140. The molecule has 1 aromatic rings. The van der Waals surface area contributed by atoms with Crippen molar-refractivity contribution in [2.24, 2.45) is 17.3 Å². The fourth-order valence-corrected chi connectivity index (χ4v) is 6.00. The van der Waals surface area contributed by atoms with Gasteiger partial charge in [-0.15, -0.1) is 0 Å². The molecular weight excluding hydrogens is 398 g/mol. The summed E-state index contributed by atoms with van der Waals surface area (Å²) in [6.07, 6.45) is 3.88. The Labute approximate surface area is 161 Å². The number of anilines is 1. The molecule has 0 aliphatic heterocycles. The second-order valence-corrected chi connectivity index (χ2v) is 9.43. The summed E-state index contributed by atoms with van der Waals surface area (Å²) in [5.41, 5.74) is -0.676. The van der Waals surface area contributed by atoms with Crippen LogP contribution in [0.1, 0.15) is 45.4 Å². The number of benzene rings is 1. The molecular formula is C20H24BrNO4. The van der Waals surface area contributed by atoms with E-state index in [1.807, 2.05) is 12.1 Å². The van der Waals surface area contributed by atoms with Gasteiger partial charge in [-0.05, 0) is 75.5 Å². The Balaban J connectivity index is 1.42. The number of hydrogen-bond donors (Lipinski definition) is 2. The summed E-state index contributed by atoms with van der Waals surface area (Å²) in [6, 6.07) is 7.27. The van der Waals surface area contributed by atoms with Crippen molar-refractivity contribution >= 4 is 33.5 Å². The predicted octanol–water partition coefficient (Wildman–Crippen LogP) is 3.65. The molecule has 0 radical (unpaired) electrons. The van der Waals surface area contributed by atoms with Crippen molar-refractivity contribution in [1.82, 2.24) is 0 Å². The molecule has 140 valence electrons. The first-order chi connectivity index (χ1) is 12.3. The highest BCUT2D eigenvalue weighted by molar-refractivity contribution is 9.10. The molecule has 4 fully saturated rings. The number of esters is 1. The highest BCUT2D eigenvalue weighted by atomic mass is 79.9. The van der Waals surface area contributed by atoms with E-state index in [-0.39, 0.29) is 11.9 Å².